The number of rotatable bonds is 8. The highest BCUT2D eigenvalue weighted by molar-refractivity contribution is 8.03. The largest absolute Gasteiger partial charge is 0.489 e. The van der Waals surface area contributed by atoms with Gasteiger partial charge in [-0.15, -0.1) is 0 Å². The zero-order valence-electron chi connectivity index (χ0n) is 19.2. The van der Waals surface area contributed by atoms with E-state index in [1.54, 1.807) is 11.8 Å². The molecule has 0 spiro atoms. The van der Waals surface area contributed by atoms with Gasteiger partial charge < -0.3 is 19.7 Å². The summed E-state index contributed by atoms with van der Waals surface area (Å²) in [5, 5.41) is 18.3. The Kier molecular flexibility index (Phi) is 8.06. The van der Waals surface area contributed by atoms with E-state index in [0.717, 1.165) is 40.3 Å². The Morgan fingerprint density at radius 1 is 1.09 bits per heavy atom. The van der Waals surface area contributed by atoms with E-state index in [1.807, 2.05) is 37.3 Å². The third kappa shape index (κ3) is 6.58. The average Bonchev–Trinajstić information content (AvgIpc) is 2.82. The van der Waals surface area contributed by atoms with Crippen LogP contribution >= 0.6 is 11.8 Å². The maximum atomic E-state index is 12.7. The molecule has 4 rings (SSSR count). The number of ether oxygens (including phenoxy) is 2. The van der Waals surface area contributed by atoms with Crippen molar-refractivity contribution in [2.24, 2.45) is 5.92 Å². The van der Waals surface area contributed by atoms with Crippen molar-refractivity contribution in [3.8, 4) is 5.75 Å². The molecule has 0 amide bonds. The van der Waals surface area contributed by atoms with Crippen LogP contribution < -0.4 is 4.74 Å². The molecule has 0 saturated carbocycles. The summed E-state index contributed by atoms with van der Waals surface area (Å²) in [5.41, 5.74) is 2.10. The minimum absolute atomic E-state index is 0.127. The number of aryl methyl sites for hydroxylation is 1. The molecule has 0 aliphatic heterocycles. The smallest absolute Gasteiger partial charge is 0.416 e. The zero-order chi connectivity index (χ0) is 25.0. The third-order valence-electron chi connectivity index (χ3n) is 5.95. The molecular formula is C27H27F3O4S. The molecule has 0 radical (unpaired) electrons. The van der Waals surface area contributed by atoms with Crippen LogP contribution in [0, 0.1) is 12.8 Å². The number of alkyl halides is 3. The molecule has 8 heteroatoms. The second-order valence-electron chi connectivity index (χ2n) is 8.56. The van der Waals surface area contributed by atoms with Crippen LogP contribution in [0.4, 0.5) is 13.2 Å². The highest BCUT2D eigenvalue weighted by Gasteiger charge is 2.31. The first-order valence-electron chi connectivity index (χ1n) is 11.3. The fraction of sp³-hybridized carbons (Fsp3) is 0.333. The van der Waals surface area contributed by atoms with Gasteiger partial charge in [0.1, 0.15) is 12.4 Å². The quantitative estimate of drug-likeness (QED) is 0.421. The van der Waals surface area contributed by atoms with E-state index >= 15 is 0 Å². The van der Waals surface area contributed by atoms with Crippen LogP contribution in [0.15, 0.2) is 82.1 Å². The Labute approximate surface area is 206 Å². The average molecular weight is 505 g/mol. The Hall–Kier alpha value is -2.52. The first-order valence-corrected chi connectivity index (χ1v) is 12.2. The van der Waals surface area contributed by atoms with Gasteiger partial charge in [-0.2, -0.15) is 13.2 Å². The van der Waals surface area contributed by atoms with Gasteiger partial charge in [-0.1, -0.05) is 42.1 Å². The number of aliphatic hydroxyl groups is 2. The van der Waals surface area contributed by atoms with Gasteiger partial charge in [0.25, 0.3) is 0 Å². The minimum atomic E-state index is -4.35. The molecule has 0 heterocycles. The first kappa shape index (κ1) is 25.6. The molecule has 35 heavy (non-hydrogen) atoms. The zero-order valence-corrected chi connectivity index (χ0v) is 20.0. The van der Waals surface area contributed by atoms with E-state index in [2.05, 4.69) is 12.2 Å². The number of thioether (sulfide) groups is 1. The second-order valence-corrected chi connectivity index (χ2v) is 9.67. The number of benzene rings is 2. The lowest BCUT2D eigenvalue weighted by Crippen LogP contribution is -2.30. The fourth-order valence-electron chi connectivity index (χ4n) is 4.17. The van der Waals surface area contributed by atoms with Gasteiger partial charge in [0.2, 0.25) is 0 Å². The molecule has 2 aromatic rings. The number of aliphatic hydroxyl groups excluding tert-OH is 1. The van der Waals surface area contributed by atoms with Gasteiger partial charge in [0.05, 0.1) is 18.3 Å². The molecule has 4 nitrogen and oxygen atoms in total. The summed E-state index contributed by atoms with van der Waals surface area (Å²) < 4.78 is 49.8. The molecule has 0 fully saturated rings. The van der Waals surface area contributed by atoms with Gasteiger partial charge in [-0.3, -0.25) is 0 Å². The Bertz CT molecular complexity index is 1120. The summed E-state index contributed by atoms with van der Waals surface area (Å²) in [7, 11) is 0. The summed E-state index contributed by atoms with van der Waals surface area (Å²) in [5.74, 6) is 0.844. The first-order chi connectivity index (χ1) is 16.7. The van der Waals surface area contributed by atoms with Crippen LogP contribution in [0.2, 0.25) is 0 Å². The van der Waals surface area contributed by atoms with Crippen LogP contribution in [-0.4, -0.2) is 29.2 Å². The molecular weight excluding hydrogens is 477 g/mol. The molecule has 0 saturated heterocycles. The van der Waals surface area contributed by atoms with Crippen LogP contribution in [0.5, 0.6) is 5.75 Å². The van der Waals surface area contributed by atoms with Crippen molar-refractivity contribution in [2.75, 3.05) is 6.61 Å². The molecule has 2 atom stereocenters. The van der Waals surface area contributed by atoms with Crippen LogP contribution in [0.25, 0.3) is 0 Å². The lowest BCUT2D eigenvalue weighted by atomic mass is 9.82. The van der Waals surface area contributed by atoms with E-state index in [-0.39, 0.29) is 25.2 Å². The van der Waals surface area contributed by atoms with E-state index < -0.39 is 18.0 Å². The SMILES string of the molecule is Cc1cc(SC2=C3C=CCCC3C(OCC(O)O)C=C2)ccc1OCc1ccc(C(F)(F)F)cc1. The van der Waals surface area contributed by atoms with Gasteiger partial charge in [0.15, 0.2) is 6.29 Å². The van der Waals surface area contributed by atoms with E-state index in [4.69, 9.17) is 19.7 Å². The number of halogens is 3. The molecule has 2 N–H and O–H groups in total. The lowest BCUT2D eigenvalue weighted by Gasteiger charge is -2.32. The molecule has 186 valence electrons. The van der Waals surface area contributed by atoms with Gasteiger partial charge in [-0.25, -0.2) is 0 Å². The lowest BCUT2D eigenvalue weighted by molar-refractivity contribution is -0.137. The van der Waals surface area contributed by atoms with E-state index in [1.165, 1.54) is 17.7 Å². The fourth-order valence-corrected chi connectivity index (χ4v) is 5.28. The molecule has 2 aromatic carbocycles. The predicted octanol–water partition coefficient (Wildman–Crippen LogP) is 6.17. The van der Waals surface area contributed by atoms with Crippen molar-refractivity contribution in [3.63, 3.8) is 0 Å². The van der Waals surface area contributed by atoms with Crippen molar-refractivity contribution < 1.29 is 32.9 Å². The summed E-state index contributed by atoms with van der Waals surface area (Å²) in [6, 6.07) is 10.9. The maximum Gasteiger partial charge on any atom is 0.416 e. The normalized spacial score (nSPS) is 19.9. The summed E-state index contributed by atoms with van der Waals surface area (Å²) in [4.78, 5) is 2.16. The van der Waals surface area contributed by atoms with Crippen LogP contribution in [-0.2, 0) is 17.5 Å². The summed E-state index contributed by atoms with van der Waals surface area (Å²) in [6.07, 6.45) is 4.12. The van der Waals surface area contributed by atoms with Crippen molar-refractivity contribution in [1.29, 1.82) is 0 Å². The number of allylic oxidation sites excluding steroid dienone is 3. The van der Waals surface area contributed by atoms with Crippen molar-refractivity contribution in [2.45, 2.75) is 49.8 Å². The van der Waals surface area contributed by atoms with E-state index in [9.17, 15) is 13.2 Å². The maximum absolute atomic E-state index is 12.7. The van der Waals surface area contributed by atoms with Crippen molar-refractivity contribution in [3.05, 3.63) is 93.9 Å². The third-order valence-corrected chi connectivity index (χ3v) is 7.03. The molecule has 2 aliphatic carbocycles. The second kappa shape index (κ2) is 11.0. The van der Waals surface area contributed by atoms with Gasteiger partial charge >= 0.3 is 6.18 Å². The topological polar surface area (TPSA) is 58.9 Å². The summed E-state index contributed by atoms with van der Waals surface area (Å²) in [6.45, 7) is 1.99. The number of hydrogen-bond donors (Lipinski definition) is 2. The Morgan fingerprint density at radius 2 is 1.86 bits per heavy atom. The van der Waals surface area contributed by atoms with Crippen LogP contribution in [0.1, 0.15) is 29.5 Å². The Morgan fingerprint density at radius 3 is 2.54 bits per heavy atom. The van der Waals surface area contributed by atoms with Crippen molar-refractivity contribution >= 4 is 11.8 Å². The molecule has 2 aliphatic rings. The number of hydrogen-bond acceptors (Lipinski definition) is 5. The highest BCUT2D eigenvalue weighted by atomic mass is 32.2. The molecule has 0 bridgehead atoms. The van der Waals surface area contributed by atoms with Crippen LogP contribution in [0.3, 0.4) is 0 Å². The molecule has 2 unspecified atom stereocenters. The van der Waals surface area contributed by atoms with Crippen molar-refractivity contribution in [1.82, 2.24) is 0 Å². The Balaban J connectivity index is 1.42. The monoisotopic (exact) mass is 504 g/mol. The minimum Gasteiger partial charge on any atom is -0.489 e. The number of fused-ring (bicyclic) bond motifs is 1. The highest BCUT2D eigenvalue weighted by Crippen LogP contribution is 2.42. The molecule has 0 aromatic heterocycles. The van der Waals surface area contributed by atoms with Gasteiger partial charge in [-0.05, 0) is 72.9 Å². The predicted molar refractivity (Wildman–Crippen MR) is 129 cm³/mol. The standard InChI is InChI=1S/C27H27F3O4S/c1-17-14-20(10-11-23(17)33-15-18-6-8-19(9-7-18)27(28,29)30)35-25-13-12-24(34-16-26(31)32)21-4-2-3-5-22(21)25/h3,5-14,21,24,26,31-32H,2,4,15-16H2,1H3. The van der Waals surface area contributed by atoms with E-state index in [0.29, 0.717) is 11.3 Å². The summed E-state index contributed by atoms with van der Waals surface area (Å²) >= 11 is 1.64. The van der Waals surface area contributed by atoms with Gasteiger partial charge in [0, 0.05) is 15.7 Å².